The molecular weight excluding hydrogens is 267 g/mol. The lowest BCUT2D eigenvalue weighted by Crippen LogP contribution is -2.18. The number of nitrogens with two attached hydrogens (primary N) is 2. The molecule has 10 heteroatoms. The summed E-state index contributed by atoms with van der Waals surface area (Å²) in [7, 11) is -4.64. The average molecular weight is 280 g/mol. The smallest absolute Gasteiger partial charge is 0.466 e. The van der Waals surface area contributed by atoms with Crippen LogP contribution < -0.4 is 11.5 Å². The summed E-state index contributed by atoms with van der Waals surface area (Å²) in [5.74, 6) is -0.912. The molecular formula is C8H13N2O7P. The van der Waals surface area contributed by atoms with E-state index in [4.69, 9.17) is 29.1 Å². The number of hydrogen-bond donors (Lipinski definition) is 6. The molecule has 0 unspecified atom stereocenters. The molecule has 0 bridgehead atoms. The summed E-state index contributed by atoms with van der Waals surface area (Å²) in [6.45, 7) is 3.52. The van der Waals surface area contributed by atoms with E-state index < -0.39 is 19.8 Å². The van der Waals surface area contributed by atoms with Crippen molar-refractivity contribution in [3.8, 4) is 0 Å². The number of carbonyl (C=O) groups is 2. The van der Waals surface area contributed by atoms with Crippen molar-refractivity contribution in [3.05, 3.63) is 36.0 Å². The molecule has 8 N–H and O–H groups in total. The van der Waals surface area contributed by atoms with Gasteiger partial charge in [-0.15, -0.1) is 0 Å². The predicted octanol–water partition coefficient (Wildman–Crippen LogP) is -0.781. The molecule has 1 aliphatic carbocycles. The third-order valence-corrected chi connectivity index (χ3v) is 1.14. The van der Waals surface area contributed by atoms with Crippen LogP contribution in [0, 0.1) is 0 Å². The highest BCUT2D eigenvalue weighted by molar-refractivity contribution is 7.45. The molecule has 18 heavy (non-hydrogen) atoms. The second kappa shape index (κ2) is 8.20. The molecule has 0 aromatic rings. The zero-order valence-electron chi connectivity index (χ0n) is 9.05. The Balaban J connectivity index is 0. The average Bonchev–Trinajstić information content (AvgIpc) is 2.46. The second-order valence-electron chi connectivity index (χ2n) is 2.69. The molecule has 1 rings (SSSR count). The maximum Gasteiger partial charge on any atom is 0.466 e. The third kappa shape index (κ3) is 16.5. The van der Waals surface area contributed by atoms with Crippen LogP contribution in [-0.2, 0) is 9.36 Å². The van der Waals surface area contributed by atoms with Crippen LogP contribution in [0.5, 0.6) is 0 Å². The molecule has 2 amide bonds. The molecule has 0 atom stereocenters. The standard InChI is InChI=1S/C7H6O2.CH4N2O.H3O4P/c1-5-3-2-4-6(5)7(8)9;2-1(3)4;1-5(2,3)4/h2-4H,1H2,(H,8,9);(H4,2,3,4);(H3,1,2,3,4). The van der Waals surface area contributed by atoms with E-state index in [9.17, 15) is 4.79 Å². The molecule has 0 aromatic carbocycles. The minimum Gasteiger partial charge on any atom is -0.478 e. The van der Waals surface area contributed by atoms with Crippen molar-refractivity contribution in [1.82, 2.24) is 0 Å². The molecule has 0 fully saturated rings. The topological polar surface area (TPSA) is 184 Å². The molecule has 1 aliphatic rings. The number of urea groups is 1. The fourth-order valence-corrected chi connectivity index (χ4v) is 0.666. The van der Waals surface area contributed by atoms with Gasteiger partial charge in [0.1, 0.15) is 0 Å². The van der Waals surface area contributed by atoms with E-state index in [1.165, 1.54) is 6.08 Å². The van der Waals surface area contributed by atoms with Crippen molar-refractivity contribution < 1.29 is 33.9 Å². The zero-order chi connectivity index (χ0) is 14.9. The lowest BCUT2D eigenvalue weighted by Gasteiger charge is -1.92. The first-order valence-corrected chi connectivity index (χ1v) is 5.65. The van der Waals surface area contributed by atoms with Crippen LogP contribution in [0.2, 0.25) is 0 Å². The van der Waals surface area contributed by atoms with Crippen LogP contribution in [0.4, 0.5) is 4.79 Å². The van der Waals surface area contributed by atoms with Gasteiger partial charge in [-0.1, -0.05) is 18.7 Å². The van der Waals surface area contributed by atoms with Gasteiger partial charge in [-0.05, 0) is 11.6 Å². The van der Waals surface area contributed by atoms with Crippen LogP contribution in [0.3, 0.4) is 0 Å². The summed E-state index contributed by atoms with van der Waals surface area (Å²) >= 11 is 0. The Morgan fingerprint density at radius 2 is 1.56 bits per heavy atom. The van der Waals surface area contributed by atoms with Gasteiger partial charge in [-0.2, -0.15) is 0 Å². The van der Waals surface area contributed by atoms with Gasteiger partial charge in [0.05, 0.1) is 5.57 Å². The SMILES string of the molecule is C=C1C=CC=C1C(=O)O.NC(N)=O.O=P(O)(O)O. The Bertz CT molecular complexity index is 422. The van der Waals surface area contributed by atoms with Crippen molar-refractivity contribution >= 4 is 19.8 Å². The number of carboxylic acids is 1. The van der Waals surface area contributed by atoms with E-state index in [0.717, 1.165) is 0 Å². The Hall–Kier alpha value is -1.93. The summed E-state index contributed by atoms with van der Waals surface area (Å²) in [6, 6.07) is -0.833. The summed E-state index contributed by atoms with van der Waals surface area (Å²) < 4.78 is 8.88. The first-order valence-electron chi connectivity index (χ1n) is 4.09. The molecule has 9 nitrogen and oxygen atoms in total. The number of amides is 2. The molecule has 102 valence electrons. The van der Waals surface area contributed by atoms with Gasteiger partial charge in [-0.25, -0.2) is 14.2 Å². The first-order chi connectivity index (χ1) is 7.95. The van der Waals surface area contributed by atoms with E-state index in [-0.39, 0.29) is 5.57 Å². The highest BCUT2D eigenvalue weighted by Crippen LogP contribution is 2.25. The highest BCUT2D eigenvalue weighted by Gasteiger charge is 2.10. The minimum absolute atomic E-state index is 0.287. The Kier molecular flexibility index (Phi) is 8.40. The largest absolute Gasteiger partial charge is 0.478 e. The number of aliphatic carboxylic acids is 1. The number of carboxylic acid groups (broad SMARTS) is 1. The Labute approximate surface area is 102 Å². The van der Waals surface area contributed by atoms with Crippen LogP contribution in [0.1, 0.15) is 0 Å². The summed E-state index contributed by atoms with van der Waals surface area (Å²) in [6.07, 6.45) is 4.87. The van der Waals surface area contributed by atoms with Crippen LogP contribution in [0.15, 0.2) is 36.0 Å². The molecule has 0 heterocycles. The van der Waals surface area contributed by atoms with Crippen LogP contribution in [-0.4, -0.2) is 31.8 Å². The van der Waals surface area contributed by atoms with Gasteiger partial charge in [-0.3, -0.25) is 0 Å². The lowest BCUT2D eigenvalue weighted by molar-refractivity contribution is -0.132. The van der Waals surface area contributed by atoms with Crippen molar-refractivity contribution in [3.63, 3.8) is 0 Å². The third-order valence-electron chi connectivity index (χ3n) is 1.14. The van der Waals surface area contributed by atoms with Crippen molar-refractivity contribution in [1.29, 1.82) is 0 Å². The normalized spacial score (nSPS) is 12.6. The molecule has 0 saturated carbocycles. The maximum atomic E-state index is 10.2. The van der Waals surface area contributed by atoms with Gasteiger partial charge in [0.25, 0.3) is 0 Å². The first kappa shape index (κ1) is 18.4. The fraction of sp³-hybridized carbons (Fsp3) is 0. The second-order valence-corrected chi connectivity index (χ2v) is 3.71. The lowest BCUT2D eigenvalue weighted by atomic mass is 10.2. The quantitative estimate of drug-likeness (QED) is 0.340. The van der Waals surface area contributed by atoms with Gasteiger partial charge in [0.15, 0.2) is 0 Å². The molecule has 0 aliphatic heterocycles. The van der Waals surface area contributed by atoms with Gasteiger partial charge in [0, 0.05) is 0 Å². The van der Waals surface area contributed by atoms with Crippen molar-refractivity contribution in [2.75, 3.05) is 0 Å². The fourth-order valence-electron chi connectivity index (χ4n) is 0.666. The van der Waals surface area contributed by atoms with Crippen molar-refractivity contribution in [2.24, 2.45) is 11.5 Å². The predicted molar refractivity (Wildman–Crippen MR) is 62.0 cm³/mol. The monoisotopic (exact) mass is 280 g/mol. The number of allylic oxidation sites excluding steroid dienone is 3. The number of rotatable bonds is 1. The number of phosphoric acid groups is 1. The molecule has 0 radical (unpaired) electrons. The summed E-state index contributed by atoms with van der Waals surface area (Å²) in [5, 5.41) is 8.41. The Morgan fingerprint density at radius 1 is 1.22 bits per heavy atom. The summed E-state index contributed by atoms with van der Waals surface area (Å²) in [5.41, 5.74) is 9.36. The number of carbonyl (C=O) groups excluding carboxylic acids is 1. The van der Waals surface area contributed by atoms with E-state index in [0.29, 0.717) is 5.57 Å². The van der Waals surface area contributed by atoms with Gasteiger partial charge in [0.2, 0.25) is 0 Å². The van der Waals surface area contributed by atoms with Gasteiger partial charge < -0.3 is 31.3 Å². The minimum atomic E-state index is -4.64. The highest BCUT2D eigenvalue weighted by atomic mass is 31.2. The van der Waals surface area contributed by atoms with Crippen molar-refractivity contribution in [2.45, 2.75) is 0 Å². The molecule has 0 aromatic heterocycles. The Morgan fingerprint density at radius 3 is 1.67 bits per heavy atom. The number of primary amides is 2. The number of hydrogen-bond acceptors (Lipinski definition) is 3. The van der Waals surface area contributed by atoms with Crippen LogP contribution in [0.25, 0.3) is 0 Å². The van der Waals surface area contributed by atoms with E-state index in [1.807, 2.05) is 0 Å². The molecule has 0 spiro atoms. The van der Waals surface area contributed by atoms with Gasteiger partial charge >= 0.3 is 19.8 Å². The van der Waals surface area contributed by atoms with Crippen LogP contribution >= 0.6 is 7.82 Å². The van der Waals surface area contributed by atoms with E-state index >= 15 is 0 Å². The zero-order valence-corrected chi connectivity index (χ0v) is 9.95. The summed E-state index contributed by atoms with van der Waals surface area (Å²) in [4.78, 5) is 40.8. The van der Waals surface area contributed by atoms with E-state index in [2.05, 4.69) is 18.0 Å². The van der Waals surface area contributed by atoms with E-state index in [1.54, 1.807) is 12.2 Å². The maximum absolute atomic E-state index is 10.2. The molecule has 0 saturated heterocycles.